The van der Waals surface area contributed by atoms with Crippen molar-refractivity contribution in [3.63, 3.8) is 0 Å². The first kappa shape index (κ1) is 21.9. The Balaban J connectivity index is 1.53. The van der Waals surface area contributed by atoms with Gasteiger partial charge in [0.15, 0.2) is 0 Å². The normalized spacial score (nSPS) is 16.7. The second-order valence-electron chi connectivity index (χ2n) is 8.63. The van der Waals surface area contributed by atoms with Gasteiger partial charge in [-0.15, -0.1) is 0 Å². The van der Waals surface area contributed by atoms with Crippen LogP contribution in [0.25, 0.3) is 11.3 Å². The third-order valence-corrected chi connectivity index (χ3v) is 6.33. The summed E-state index contributed by atoms with van der Waals surface area (Å²) in [5, 5.41) is 6.40. The molecule has 1 saturated heterocycles. The number of nitrogens with one attached hydrogen (secondary N) is 2. The van der Waals surface area contributed by atoms with E-state index in [9.17, 15) is 9.59 Å². The molecule has 2 aliphatic rings. The van der Waals surface area contributed by atoms with Crippen molar-refractivity contribution in [2.75, 3.05) is 30.8 Å². The molecule has 6 nitrogen and oxygen atoms in total. The SMILES string of the molecule is COC(=O)c1ccc2c(c1)/C(=C(/Nc1ccc(CN3CCCC3)cc1)c1ccccc1)C(=O)N2. The lowest BCUT2D eigenvalue weighted by molar-refractivity contribution is -0.110. The zero-order valence-corrected chi connectivity index (χ0v) is 19.1. The van der Waals surface area contributed by atoms with E-state index >= 15 is 0 Å². The Morgan fingerprint density at radius 2 is 1.71 bits per heavy atom. The van der Waals surface area contributed by atoms with Gasteiger partial charge < -0.3 is 15.4 Å². The van der Waals surface area contributed by atoms with Gasteiger partial charge in [0.1, 0.15) is 0 Å². The Morgan fingerprint density at radius 1 is 0.971 bits per heavy atom. The molecule has 34 heavy (non-hydrogen) atoms. The summed E-state index contributed by atoms with van der Waals surface area (Å²) in [6, 6.07) is 23.2. The van der Waals surface area contributed by atoms with Crippen LogP contribution >= 0.6 is 0 Å². The molecule has 1 fully saturated rings. The molecule has 0 aliphatic carbocycles. The highest BCUT2D eigenvalue weighted by Gasteiger charge is 2.29. The molecule has 1 amide bonds. The Bertz CT molecular complexity index is 1240. The number of esters is 1. The van der Waals surface area contributed by atoms with E-state index in [0.717, 1.165) is 30.9 Å². The molecule has 2 N–H and O–H groups in total. The van der Waals surface area contributed by atoms with Crippen molar-refractivity contribution in [2.45, 2.75) is 19.4 Å². The third kappa shape index (κ3) is 4.45. The number of fused-ring (bicyclic) bond motifs is 1. The van der Waals surface area contributed by atoms with E-state index in [-0.39, 0.29) is 5.91 Å². The molecule has 3 aromatic carbocycles. The van der Waals surface area contributed by atoms with Gasteiger partial charge >= 0.3 is 5.97 Å². The molecule has 2 aliphatic heterocycles. The van der Waals surface area contributed by atoms with Gasteiger partial charge in [-0.1, -0.05) is 42.5 Å². The van der Waals surface area contributed by atoms with Gasteiger partial charge in [-0.3, -0.25) is 9.69 Å². The molecule has 0 saturated carbocycles. The summed E-state index contributed by atoms with van der Waals surface area (Å²) in [6.45, 7) is 3.28. The second kappa shape index (κ2) is 9.53. The summed E-state index contributed by atoms with van der Waals surface area (Å²) < 4.78 is 4.88. The van der Waals surface area contributed by atoms with Crippen LogP contribution in [0, 0.1) is 0 Å². The van der Waals surface area contributed by atoms with Gasteiger partial charge in [-0.2, -0.15) is 0 Å². The van der Waals surface area contributed by atoms with E-state index in [1.54, 1.807) is 18.2 Å². The average molecular weight is 454 g/mol. The number of rotatable bonds is 6. The number of carbonyl (C=O) groups excluding carboxylic acids is 2. The maximum Gasteiger partial charge on any atom is 0.337 e. The first-order chi connectivity index (χ1) is 16.6. The minimum absolute atomic E-state index is 0.214. The number of likely N-dealkylation sites (tertiary alicyclic amines) is 1. The molecular weight excluding hydrogens is 426 g/mol. The van der Waals surface area contributed by atoms with E-state index < -0.39 is 5.97 Å². The lowest BCUT2D eigenvalue weighted by Gasteiger charge is -2.17. The van der Waals surface area contributed by atoms with E-state index in [4.69, 9.17) is 4.74 Å². The average Bonchev–Trinajstić information content (AvgIpc) is 3.50. The summed E-state index contributed by atoms with van der Waals surface area (Å²) in [6.07, 6.45) is 2.55. The number of carbonyl (C=O) groups is 2. The summed E-state index contributed by atoms with van der Waals surface area (Å²) in [4.78, 5) is 27.7. The fourth-order valence-corrected chi connectivity index (χ4v) is 4.58. The minimum atomic E-state index is -0.440. The Labute approximate surface area is 199 Å². The van der Waals surface area contributed by atoms with E-state index in [1.807, 2.05) is 42.5 Å². The van der Waals surface area contributed by atoms with Crippen LogP contribution in [0.15, 0.2) is 72.8 Å². The molecule has 0 radical (unpaired) electrons. The first-order valence-corrected chi connectivity index (χ1v) is 11.5. The van der Waals surface area contributed by atoms with Crippen LogP contribution in [0.3, 0.4) is 0 Å². The van der Waals surface area contributed by atoms with Crippen molar-refractivity contribution in [2.24, 2.45) is 0 Å². The summed E-state index contributed by atoms with van der Waals surface area (Å²) >= 11 is 0. The quantitative estimate of drug-likeness (QED) is 0.406. The van der Waals surface area contributed by atoms with E-state index in [1.165, 1.54) is 25.5 Å². The van der Waals surface area contributed by atoms with Crippen molar-refractivity contribution >= 4 is 34.5 Å². The maximum absolute atomic E-state index is 13.1. The number of methoxy groups -OCH3 is 1. The largest absolute Gasteiger partial charge is 0.465 e. The van der Waals surface area contributed by atoms with Crippen LogP contribution < -0.4 is 10.6 Å². The zero-order chi connectivity index (χ0) is 23.5. The van der Waals surface area contributed by atoms with Crippen molar-refractivity contribution < 1.29 is 14.3 Å². The molecule has 0 aromatic heterocycles. The highest BCUT2D eigenvalue weighted by Crippen LogP contribution is 2.38. The molecule has 5 rings (SSSR count). The molecule has 172 valence electrons. The topological polar surface area (TPSA) is 70.7 Å². The molecule has 0 spiro atoms. The summed E-state index contributed by atoms with van der Waals surface area (Å²) in [7, 11) is 1.35. The Kier molecular flexibility index (Phi) is 6.14. The monoisotopic (exact) mass is 453 g/mol. The molecule has 0 atom stereocenters. The minimum Gasteiger partial charge on any atom is -0.465 e. The number of ether oxygens (including phenoxy) is 1. The lowest BCUT2D eigenvalue weighted by Crippen LogP contribution is -2.18. The zero-order valence-electron chi connectivity index (χ0n) is 19.1. The number of benzene rings is 3. The highest BCUT2D eigenvalue weighted by atomic mass is 16.5. The van der Waals surface area contributed by atoms with Gasteiger partial charge in [-0.05, 0) is 67.4 Å². The fourth-order valence-electron chi connectivity index (χ4n) is 4.58. The maximum atomic E-state index is 13.1. The number of hydrogen-bond donors (Lipinski definition) is 2. The van der Waals surface area contributed by atoms with Gasteiger partial charge in [-0.25, -0.2) is 4.79 Å². The van der Waals surface area contributed by atoms with Crippen molar-refractivity contribution in [1.29, 1.82) is 0 Å². The first-order valence-electron chi connectivity index (χ1n) is 11.5. The molecular formula is C28H27N3O3. The van der Waals surface area contributed by atoms with Crippen LogP contribution in [0.2, 0.25) is 0 Å². The molecule has 3 aromatic rings. The molecule has 0 bridgehead atoms. The lowest BCUT2D eigenvalue weighted by atomic mass is 9.98. The van der Waals surface area contributed by atoms with E-state index in [2.05, 4.69) is 27.7 Å². The van der Waals surface area contributed by atoms with Crippen LogP contribution in [0.1, 0.15) is 39.9 Å². The molecule has 2 heterocycles. The number of hydrogen-bond acceptors (Lipinski definition) is 5. The van der Waals surface area contributed by atoms with Gasteiger partial charge in [0.05, 0.1) is 23.9 Å². The molecule has 0 unspecified atom stereocenters. The predicted octanol–water partition coefficient (Wildman–Crippen LogP) is 5.00. The van der Waals surface area contributed by atoms with Crippen LogP contribution in [-0.4, -0.2) is 37.0 Å². The fraction of sp³-hybridized carbons (Fsp3) is 0.214. The van der Waals surface area contributed by atoms with Gasteiger partial charge in [0.2, 0.25) is 0 Å². The van der Waals surface area contributed by atoms with Crippen molar-refractivity contribution in [3.8, 4) is 0 Å². The van der Waals surface area contributed by atoms with Crippen LogP contribution in [0.5, 0.6) is 0 Å². The highest BCUT2D eigenvalue weighted by molar-refractivity contribution is 6.37. The van der Waals surface area contributed by atoms with Crippen molar-refractivity contribution in [3.05, 3.63) is 95.1 Å². The third-order valence-electron chi connectivity index (χ3n) is 6.33. The predicted molar refractivity (Wildman–Crippen MR) is 134 cm³/mol. The number of anilines is 2. The van der Waals surface area contributed by atoms with Gasteiger partial charge in [0.25, 0.3) is 5.91 Å². The Morgan fingerprint density at radius 3 is 2.41 bits per heavy atom. The smallest absolute Gasteiger partial charge is 0.337 e. The van der Waals surface area contributed by atoms with Crippen LogP contribution in [-0.2, 0) is 16.1 Å². The van der Waals surface area contributed by atoms with E-state index in [0.29, 0.717) is 28.1 Å². The number of nitrogens with zero attached hydrogens (tertiary/aromatic N) is 1. The Hall–Kier alpha value is -3.90. The van der Waals surface area contributed by atoms with Crippen LogP contribution in [0.4, 0.5) is 11.4 Å². The molecule has 6 heteroatoms. The second-order valence-corrected chi connectivity index (χ2v) is 8.63. The summed E-state index contributed by atoms with van der Waals surface area (Å²) in [5.74, 6) is -0.654. The number of amides is 1. The van der Waals surface area contributed by atoms with Crippen molar-refractivity contribution in [1.82, 2.24) is 4.90 Å². The standard InChI is InChI=1S/C28H27N3O3/c1-34-28(33)21-11-14-24-23(17-21)25(27(32)30-24)26(20-7-3-2-4-8-20)29-22-12-9-19(10-13-22)18-31-15-5-6-16-31/h2-4,7-14,17,29H,5-6,15-16,18H2,1H3,(H,30,32)/b26-25-. The van der Waals surface area contributed by atoms with Gasteiger partial charge in [0, 0.05) is 23.5 Å². The summed E-state index contributed by atoms with van der Waals surface area (Å²) in [5.41, 5.74) is 5.96.